The maximum atomic E-state index is 5.10. The molecule has 0 spiro atoms. The second kappa shape index (κ2) is 5.25. The second-order valence-electron chi connectivity index (χ2n) is 4.08. The van der Waals surface area contributed by atoms with E-state index in [1.807, 2.05) is 0 Å². The molecule has 1 aliphatic rings. The summed E-state index contributed by atoms with van der Waals surface area (Å²) in [7, 11) is 1.68. The number of fused-ring (bicyclic) bond motifs is 1. The Kier molecular flexibility index (Phi) is 3.72. The maximum absolute atomic E-state index is 5.10. The Morgan fingerprint density at radius 2 is 2.06 bits per heavy atom. The summed E-state index contributed by atoms with van der Waals surface area (Å²) in [5.74, 6) is 1.80. The molecule has 1 aromatic rings. The molecule has 0 atom stereocenters. The first-order valence-corrected chi connectivity index (χ1v) is 5.96. The Balaban J connectivity index is 2.35. The lowest BCUT2D eigenvalue weighted by atomic mass is 9.96. The summed E-state index contributed by atoms with van der Waals surface area (Å²) in [6.45, 7) is 3.48. The van der Waals surface area contributed by atoms with Crippen molar-refractivity contribution < 1.29 is 4.74 Å². The van der Waals surface area contributed by atoms with Crippen LogP contribution in [0, 0.1) is 0 Å². The van der Waals surface area contributed by atoms with Crippen molar-refractivity contribution in [2.45, 2.75) is 39.2 Å². The minimum absolute atomic E-state index is 0.492. The lowest BCUT2D eigenvalue weighted by Gasteiger charge is -2.19. The summed E-state index contributed by atoms with van der Waals surface area (Å²) in [5.41, 5.74) is 2.53. The summed E-state index contributed by atoms with van der Waals surface area (Å²) in [4.78, 5) is 9.09. The number of hydrogen-bond donors (Lipinski definition) is 1. The van der Waals surface area contributed by atoms with Gasteiger partial charge in [-0.2, -0.15) is 0 Å². The number of ether oxygens (including phenoxy) is 1. The predicted octanol–water partition coefficient (Wildman–Crippen LogP) is 1.93. The Morgan fingerprint density at radius 1 is 1.25 bits per heavy atom. The second-order valence-corrected chi connectivity index (χ2v) is 4.08. The molecule has 88 valence electrons. The summed E-state index contributed by atoms with van der Waals surface area (Å²) < 4.78 is 5.10. The van der Waals surface area contributed by atoms with E-state index in [9.17, 15) is 0 Å². The lowest BCUT2D eigenvalue weighted by molar-refractivity contribution is 0.177. The molecule has 1 aliphatic carbocycles. The van der Waals surface area contributed by atoms with E-state index in [0.29, 0.717) is 6.61 Å². The molecule has 16 heavy (non-hydrogen) atoms. The van der Waals surface area contributed by atoms with Crippen molar-refractivity contribution in [2.75, 3.05) is 19.0 Å². The molecule has 1 N–H and O–H groups in total. The van der Waals surface area contributed by atoms with Crippen molar-refractivity contribution in [1.82, 2.24) is 9.97 Å². The number of hydrogen-bond acceptors (Lipinski definition) is 4. The van der Waals surface area contributed by atoms with E-state index >= 15 is 0 Å². The zero-order chi connectivity index (χ0) is 11.4. The van der Waals surface area contributed by atoms with Gasteiger partial charge in [0.25, 0.3) is 0 Å². The molecule has 0 unspecified atom stereocenters. The molecular formula is C12H19N3O. The highest BCUT2D eigenvalue weighted by molar-refractivity contribution is 5.47. The third kappa shape index (κ3) is 2.32. The van der Waals surface area contributed by atoms with Crippen molar-refractivity contribution in [1.29, 1.82) is 0 Å². The van der Waals surface area contributed by atoms with Gasteiger partial charge < -0.3 is 10.1 Å². The highest BCUT2D eigenvalue weighted by Gasteiger charge is 2.17. The predicted molar refractivity (Wildman–Crippen MR) is 63.6 cm³/mol. The van der Waals surface area contributed by atoms with Crippen molar-refractivity contribution in [3.63, 3.8) is 0 Å². The van der Waals surface area contributed by atoms with Gasteiger partial charge in [-0.3, -0.25) is 0 Å². The normalized spacial score (nSPS) is 14.6. The van der Waals surface area contributed by atoms with Gasteiger partial charge >= 0.3 is 0 Å². The van der Waals surface area contributed by atoms with E-state index in [0.717, 1.165) is 31.0 Å². The first-order chi connectivity index (χ1) is 7.85. The number of aromatic nitrogens is 2. The van der Waals surface area contributed by atoms with Gasteiger partial charge in [-0.1, -0.05) is 0 Å². The largest absolute Gasteiger partial charge is 0.377 e. The molecule has 0 bridgehead atoms. The molecule has 0 saturated carbocycles. The number of rotatable bonds is 4. The van der Waals surface area contributed by atoms with Crippen molar-refractivity contribution in [3.8, 4) is 0 Å². The first-order valence-electron chi connectivity index (χ1n) is 5.96. The van der Waals surface area contributed by atoms with E-state index < -0.39 is 0 Å². The fourth-order valence-corrected chi connectivity index (χ4v) is 2.15. The fraction of sp³-hybridized carbons (Fsp3) is 0.667. The van der Waals surface area contributed by atoms with Gasteiger partial charge in [0, 0.05) is 24.9 Å². The molecule has 0 aromatic carbocycles. The minimum atomic E-state index is 0.492. The third-order valence-corrected chi connectivity index (χ3v) is 2.85. The molecule has 1 aromatic heterocycles. The molecule has 1 heterocycles. The summed E-state index contributed by atoms with van der Waals surface area (Å²) in [5, 5.41) is 3.33. The molecule has 0 radical (unpaired) electrons. The van der Waals surface area contributed by atoms with Crippen LogP contribution in [0.15, 0.2) is 0 Å². The molecule has 2 rings (SSSR count). The molecule has 4 heteroatoms. The molecular weight excluding hydrogens is 202 g/mol. The van der Waals surface area contributed by atoms with E-state index in [-0.39, 0.29) is 0 Å². The van der Waals surface area contributed by atoms with E-state index in [2.05, 4.69) is 22.2 Å². The summed E-state index contributed by atoms with van der Waals surface area (Å²) in [6.07, 6.45) is 4.66. The molecule has 0 fully saturated rings. The van der Waals surface area contributed by atoms with Crippen LogP contribution in [0.4, 0.5) is 5.82 Å². The molecule has 0 amide bonds. The topological polar surface area (TPSA) is 47.0 Å². The van der Waals surface area contributed by atoms with E-state index in [1.54, 1.807) is 7.11 Å². The molecule has 0 aliphatic heterocycles. The Morgan fingerprint density at radius 3 is 2.81 bits per heavy atom. The number of methoxy groups -OCH3 is 1. The number of anilines is 1. The van der Waals surface area contributed by atoms with Crippen LogP contribution in [-0.4, -0.2) is 23.6 Å². The third-order valence-electron chi connectivity index (χ3n) is 2.85. The van der Waals surface area contributed by atoms with Crippen LogP contribution in [0.25, 0.3) is 0 Å². The van der Waals surface area contributed by atoms with Crippen LogP contribution in [0.3, 0.4) is 0 Å². The Labute approximate surface area is 96.4 Å². The molecule has 0 saturated heterocycles. The first kappa shape index (κ1) is 11.3. The summed E-state index contributed by atoms with van der Waals surface area (Å²) >= 11 is 0. The monoisotopic (exact) mass is 221 g/mol. The van der Waals surface area contributed by atoms with Gasteiger partial charge in [-0.25, -0.2) is 9.97 Å². The maximum Gasteiger partial charge on any atom is 0.156 e. The smallest absolute Gasteiger partial charge is 0.156 e. The number of nitrogens with one attached hydrogen (secondary N) is 1. The number of nitrogens with zero attached hydrogens (tertiary/aromatic N) is 2. The van der Waals surface area contributed by atoms with Gasteiger partial charge in [-0.15, -0.1) is 0 Å². The van der Waals surface area contributed by atoms with Gasteiger partial charge in [0.05, 0.1) is 0 Å². The van der Waals surface area contributed by atoms with Gasteiger partial charge in [0.1, 0.15) is 12.4 Å². The van der Waals surface area contributed by atoms with Crippen LogP contribution in [0.2, 0.25) is 0 Å². The Hall–Kier alpha value is -1.16. The summed E-state index contributed by atoms with van der Waals surface area (Å²) in [6, 6.07) is 0. The SMILES string of the molecule is CCNc1nc(COC)nc2c1CCCC2. The standard InChI is InChI=1S/C12H19N3O/c1-3-13-12-9-6-4-5-7-10(9)14-11(15-12)8-16-2/h3-8H2,1-2H3,(H,13,14,15). The van der Waals surface area contributed by atoms with E-state index in [4.69, 9.17) is 4.74 Å². The van der Waals surface area contributed by atoms with Crippen LogP contribution < -0.4 is 5.32 Å². The van der Waals surface area contributed by atoms with Crippen LogP contribution in [-0.2, 0) is 24.2 Å². The van der Waals surface area contributed by atoms with Gasteiger partial charge in [-0.05, 0) is 32.6 Å². The average Bonchev–Trinajstić information content (AvgIpc) is 2.30. The Bertz CT molecular complexity index is 366. The van der Waals surface area contributed by atoms with Crippen LogP contribution >= 0.6 is 0 Å². The molecule has 4 nitrogen and oxygen atoms in total. The quantitative estimate of drug-likeness (QED) is 0.844. The average molecular weight is 221 g/mol. The highest BCUT2D eigenvalue weighted by atomic mass is 16.5. The highest BCUT2D eigenvalue weighted by Crippen LogP contribution is 2.25. The van der Waals surface area contributed by atoms with Crippen LogP contribution in [0.1, 0.15) is 36.8 Å². The zero-order valence-electron chi connectivity index (χ0n) is 10.0. The van der Waals surface area contributed by atoms with Crippen molar-refractivity contribution in [3.05, 3.63) is 17.1 Å². The fourth-order valence-electron chi connectivity index (χ4n) is 2.15. The minimum Gasteiger partial charge on any atom is -0.377 e. The van der Waals surface area contributed by atoms with Gasteiger partial charge in [0.2, 0.25) is 0 Å². The zero-order valence-corrected chi connectivity index (χ0v) is 10.0. The lowest BCUT2D eigenvalue weighted by Crippen LogP contribution is -2.15. The van der Waals surface area contributed by atoms with Gasteiger partial charge in [0.15, 0.2) is 5.82 Å². The van der Waals surface area contributed by atoms with Crippen molar-refractivity contribution in [2.24, 2.45) is 0 Å². The van der Waals surface area contributed by atoms with Crippen LogP contribution in [0.5, 0.6) is 0 Å². The van der Waals surface area contributed by atoms with Crippen molar-refractivity contribution >= 4 is 5.82 Å². The van der Waals surface area contributed by atoms with E-state index in [1.165, 1.54) is 24.1 Å². The number of aryl methyl sites for hydroxylation is 1.